The number of piperidine rings is 1. The van der Waals surface area contributed by atoms with Crippen molar-refractivity contribution in [1.82, 2.24) is 15.1 Å². The van der Waals surface area contributed by atoms with E-state index in [-0.39, 0.29) is 0 Å². The summed E-state index contributed by atoms with van der Waals surface area (Å²) in [6.07, 6.45) is 11.3. The van der Waals surface area contributed by atoms with E-state index in [4.69, 9.17) is 9.84 Å². The summed E-state index contributed by atoms with van der Waals surface area (Å²) in [4.78, 5) is 0. The van der Waals surface area contributed by atoms with Gasteiger partial charge in [-0.2, -0.15) is 5.10 Å². The number of aromatic nitrogens is 2. The van der Waals surface area contributed by atoms with Gasteiger partial charge >= 0.3 is 0 Å². The summed E-state index contributed by atoms with van der Waals surface area (Å²) in [5, 5.41) is 8.09. The maximum absolute atomic E-state index is 5.86. The van der Waals surface area contributed by atoms with Crippen LogP contribution in [0.3, 0.4) is 0 Å². The monoisotopic (exact) mass is 277 g/mol. The predicted octanol–water partition coefficient (Wildman–Crippen LogP) is 2.90. The van der Waals surface area contributed by atoms with E-state index in [1.54, 1.807) is 0 Å². The molecule has 0 bridgehead atoms. The molecule has 2 fully saturated rings. The summed E-state index contributed by atoms with van der Waals surface area (Å²) in [7, 11) is 0. The first-order chi connectivity index (χ1) is 9.92. The molecule has 2 heterocycles. The molecular formula is C16H27N3O. The van der Waals surface area contributed by atoms with Gasteiger partial charge in [0.15, 0.2) is 0 Å². The van der Waals surface area contributed by atoms with Crippen LogP contribution in [-0.4, -0.2) is 29.5 Å². The third-order valence-electron chi connectivity index (χ3n) is 4.67. The summed E-state index contributed by atoms with van der Waals surface area (Å²) in [6, 6.07) is 2.75. The van der Waals surface area contributed by atoms with Gasteiger partial charge in [0.2, 0.25) is 0 Å². The minimum Gasteiger partial charge on any atom is -0.375 e. The van der Waals surface area contributed by atoms with Crippen LogP contribution in [0.2, 0.25) is 0 Å². The molecular weight excluding hydrogens is 250 g/mol. The van der Waals surface area contributed by atoms with Gasteiger partial charge in [0.1, 0.15) is 0 Å². The van der Waals surface area contributed by atoms with E-state index in [1.165, 1.54) is 44.9 Å². The lowest BCUT2D eigenvalue weighted by Gasteiger charge is -2.22. The lowest BCUT2D eigenvalue weighted by molar-refractivity contribution is 0.0739. The third-order valence-corrected chi connectivity index (χ3v) is 4.67. The molecule has 2 aliphatic rings. The third kappa shape index (κ3) is 3.83. The lowest BCUT2D eigenvalue weighted by atomic mass is 9.96. The van der Waals surface area contributed by atoms with Crippen LogP contribution in [-0.2, 0) is 11.3 Å². The Bertz CT molecular complexity index is 392. The van der Waals surface area contributed by atoms with Gasteiger partial charge in [-0.05, 0) is 50.8 Å². The van der Waals surface area contributed by atoms with Crippen molar-refractivity contribution in [2.45, 2.75) is 57.6 Å². The van der Waals surface area contributed by atoms with E-state index in [0.717, 1.165) is 31.3 Å². The van der Waals surface area contributed by atoms with Crippen molar-refractivity contribution in [2.24, 2.45) is 5.92 Å². The van der Waals surface area contributed by atoms with Crippen LogP contribution in [0.25, 0.3) is 0 Å². The average Bonchev–Trinajstić information content (AvgIpc) is 2.98. The van der Waals surface area contributed by atoms with Crippen LogP contribution in [0.15, 0.2) is 12.3 Å². The first kappa shape index (κ1) is 14.1. The number of nitrogens with zero attached hydrogens (tertiary/aromatic N) is 2. The molecule has 4 nitrogen and oxygen atoms in total. The van der Waals surface area contributed by atoms with Crippen LogP contribution >= 0.6 is 0 Å². The van der Waals surface area contributed by atoms with Crippen LogP contribution in [0.5, 0.6) is 0 Å². The number of nitrogens with one attached hydrogen (secondary N) is 1. The fourth-order valence-electron chi connectivity index (χ4n) is 3.38. The minimum atomic E-state index is 0.627. The maximum atomic E-state index is 5.86. The quantitative estimate of drug-likeness (QED) is 0.899. The van der Waals surface area contributed by atoms with Gasteiger partial charge in [0.25, 0.3) is 0 Å². The smallest absolute Gasteiger partial charge is 0.0906 e. The van der Waals surface area contributed by atoms with Crippen LogP contribution in [0, 0.1) is 5.92 Å². The molecule has 1 saturated heterocycles. The average molecular weight is 277 g/mol. The molecule has 1 aliphatic carbocycles. The van der Waals surface area contributed by atoms with Gasteiger partial charge in [0.05, 0.1) is 24.9 Å². The highest BCUT2D eigenvalue weighted by molar-refractivity contribution is 4.98. The molecule has 3 rings (SSSR count). The first-order valence-corrected chi connectivity index (χ1v) is 8.24. The number of hydrogen-bond donors (Lipinski definition) is 1. The van der Waals surface area contributed by atoms with E-state index < -0.39 is 0 Å². The predicted molar refractivity (Wildman–Crippen MR) is 79.6 cm³/mol. The fourth-order valence-corrected chi connectivity index (χ4v) is 3.38. The molecule has 0 unspecified atom stereocenters. The SMILES string of the molecule is c1cn(C2CCCCC2)nc1COCC1CCNCC1. The molecule has 1 N–H and O–H groups in total. The van der Waals surface area contributed by atoms with Crippen molar-refractivity contribution >= 4 is 0 Å². The molecule has 0 atom stereocenters. The summed E-state index contributed by atoms with van der Waals surface area (Å²) >= 11 is 0. The summed E-state index contributed by atoms with van der Waals surface area (Å²) in [5.74, 6) is 0.733. The highest BCUT2D eigenvalue weighted by Crippen LogP contribution is 2.27. The second-order valence-electron chi connectivity index (χ2n) is 6.29. The zero-order chi connectivity index (χ0) is 13.6. The molecule has 112 valence electrons. The fraction of sp³-hybridized carbons (Fsp3) is 0.812. The van der Waals surface area contributed by atoms with Crippen molar-refractivity contribution in [3.63, 3.8) is 0 Å². The standard InChI is InChI=1S/C16H27N3O/c1-2-4-16(5-3-1)19-11-8-15(18-19)13-20-12-14-6-9-17-10-7-14/h8,11,14,16-17H,1-7,9-10,12-13H2. The largest absolute Gasteiger partial charge is 0.375 e. The van der Waals surface area contributed by atoms with E-state index in [0.29, 0.717) is 12.6 Å². The molecule has 1 saturated carbocycles. The van der Waals surface area contributed by atoms with Gasteiger partial charge in [0, 0.05) is 6.20 Å². The topological polar surface area (TPSA) is 39.1 Å². The number of rotatable bonds is 5. The molecule has 0 aromatic carbocycles. The Morgan fingerprint density at radius 2 is 1.95 bits per heavy atom. The van der Waals surface area contributed by atoms with E-state index in [9.17, 15) is 0 Å². The summed E-state index contributed by atoms with van der Waals surface area (Å²) in [5.41, 5.74) is 1.09. The van der Waals surface area contributed by atoms with E-state index >= 15 is 0 Å². The van der Waals surface area contributed by atoms with Crippen molar-refractivity contribution in [3.05, 3.63) is 18.0 Å². The molecule has 4 heteroatoms. The highest BCUT2D eigenvalue weighted by atomic mass is 16.5. The second-order valence-corrected chi connectivity index (χ2v) is 6.29. The summed E-state index contributed by atoms with van der Waals surface area (Å²) < 4.78 is 8.03. The van der Waals surface area contributed by atoms with Gasteiger partial charge in [-0.3, -0.25) is 4.68 Å². The molecule has 1 aromatic rings. The van der Waals surface area contributed by atoms with Gasteiger partial charge in [-0.1, -0.05) is 19.3 Å². The second kappa shape index (κ2) is 7.23. The Morgan fingerprint density at radius 1 is 1.15 bits per heavy atom. The van der Waals surface area contributed by atoms with Crippen molar-refractivity contribution in [2.75, 3.05) is 19.7 Å². The highest BCUT2D eigenvalue weighted by Gasteiger charge is 2.16. The molecule has 0 amide bonds. The van der Waals surface area contributed by atoms with Crippen molar-refractivity contribution < 1.29 is 4.74 Å². The normalized spacial score (nSPS) is 22.2. The van der Waals surface area contributed by atoms with Crippen molar-refractivity contribution in [1.29, 1.82) is 0 Å². The van der Waals surface area contributed by atoms with E-state index in [1.807, 2.05) is 0 Å². The molecule has 20 heavy (non-hydrogen) atoms. The zero-order valence-corrected chi connectivity index (χ0v) is 12.4. The molecule has 0 spiro atoms. The molecule has 0 radical (unpaired) electrons. The van der Waals surface area contributed by atoms with Gasteiger partial charge in [-0.25, -0.2) is 0 Å². The van der Waals surface area contributed by atoms with Gasteiger partial charge < -0.3 is 10.1 Å². The molecule has 1 aromatic heterocycles. The van der Waals surface area contributed by atoms with Crippen LogP contribution in [0.1, 0.15) is 56.7 Å². The lowest BCUT2D eigenvalue weighted by Crippen LogP contribution is -2.29. The Morgan fingerprint density at radius 3 is 2.75 bits per heavy atom. The minimum absolute atomic E-state index is 0.627. The number of ether oxygens (including phenoxy) is 1. The zero-order valence-electron chi connectivity index (χ0n) is 12.4. The first-order valence-electron chi connectivity index (χ1n) is 8.24. The summed E-state index contributed by atoms with van der Waals surface area (Å²) in [6.45, 7) is 3.84. The molecule has 1 aliphatic heterocycles. The Kier molecular flexibility index (Phi) is 5.09. The maximum Gasteiger partial charge on any atom is 0.0906 e. The number of hydrogen-bond acceptors (Lipinski definition) is 3. The van der Waals surface area contributed by atoms with Crippen LogP contribution in [0.4, 0.5) is 0 Å². The Labute approximate surface area is 121 Å². The van der Waals surface area contributed by atoms with E-state index in [2.05, 4.69) is 22.3 Å². The van der Waals surface area contributed by atoms with Crippen LogP contribution < -0.4 is 5.32 Å². The Hall–Kier alpha value is -0.870. The van der Waals surface area contributed by atoms with Crippen molar-refractivity contribution in [3.8, 4) is 0 Å². The Balaban J connectivity index is 1.42. The van der Waals surface area contributed by atoms with Gasteiger partial charge in [-0.15, -0.1) is 0 Å².